The second kappa shape index (κ2) is 10.5. The van der Waals surface area contributed by atoms with Crippen molar-refractivity contribution >= 4 is 41.0 Å². The van der Waals surface area contributed by atoms with Crippen molar-refractivity contribution in [1.29, 1.82) is 0 Å². The summed E-state index contributed by atoms with van der Waals surface area (Å²) in [4.78, 5) is 33.4. The smallest absolute Gasteiger partial charge is 0.253 e. The number of carbonyl (C=O) groups is 2. The van der Waals surface area contributed by atoms with Crippen LogP contribution >= 0.6 is 23.5 Å². The molecule has 10 heteroatoms. The second-order valence-electron chi connectivity index (χ2n) is 9.02. The molecule has 1 fully saturated rings. The number of ether oxygens (including phenoxy) is 1. The van der Waals surface area contributed by atoms with E-state index in [9.17, 15) is 9.59 Å². The van der Waals surface area contributed by atoms with Gasteiger partial charge in [0.25, 0.3) is 5.91 Å². The fourth-order valence-corrected chi connectivity index (χ4v) is 7.12. The van der Waals surface area contributed by atoms with Gasteiger partial charge in [0, 0.05) is 35.2 Å². The van der Waals surface area contributed by atoms with Crippen molar-refractivity contribution in [3.8, 4) is 5.75 Å². The predicted molar refractivity (Wildman–Crippen MR) is 148 cm³/mol. The number of amides is 2. The molecule has 192 valence electrons. The van der Waals surface area contributed by atoms with Crippen LogP contribution in [-0.4, -0.2) is 55.6 Å². The highest BCUT2D eigenvalue weighted by Gasteiger charge is 2.52. The van der Waals surface area contributed by atoms with Gasteiger partial charge in [-0.15, -0.1) is 11.8 Å². The highest BCUT2D eigenvalue weighted by molar-refractivity contribution is 8.06. The van der Waals surface area contributed by atoms with Gasteiger partial charge in [0.1, 0.15) is 22.2 Å². The number of rotatable bonds is 8. The Morgan fingerprint density at radius 3 is 2.71 bits per heavy atom. The number of hydrogen-bond donors (Lipinski definition) is 1. The number of thioether (sulfide) groups is 2. The fourth-order valence-electron chi connectivity index (χ4n) is 4.63. The average Bonchev–Trinajstić information content (AvgIpc) is 3.41. The number of carbonyl (C=O) groups excluding carboxylic acids is 2. The lowest BCUT2D eigenvalue weighted by Gasteiger charge is -2.50. The van der Waals surface area contributed by atoms with Crippen molar-refractivity contribution < 1.29 is 14.3 Å². The topological polar surface area (TPSA) is 88.8 Å². The molecule has 0 radical (unpaired) electrons. The Hall–Kier alpha value is -3.76. The summed E-state index contributed by atoms with van der Waals surface area (Å²) in [6.45, 7) is 0. The number of methoxy groups -OCH3 is 1. The molecule has 0 unspecified atom stereocenters. The summed E-state index contributed by atoms with van der Waals surface area (Å²) in [5.74, 6) is 1.28. The Morgan fingerprint density at radius 2 is 1.92 bits per heavy atom. The molecular weight excluding hydrogens is 518 g/mol. The zero-order chi connectivity index (χ0) is 26.1. The Kier molecular flexibility index (Phi) is 6.82. The zero-order valence-corrected chi connectivity index (χ0v) is 22.2. The number of aromatic nitrogens is 3. The molecule has 4 aromatic rings. The van der Waals surface area contributed by atoms with Crippen LogP contribution in [0.1, 0.15) is 11.1 Å². The van der Waals surface area contributed by atoms with Crippen molar-refractivity contribution in [3.63, 3.8) is 0 Å². The second-order valence-corrected chi connectivity index (χ2v) is 11.2. The monoisotopic (exact) mass is 543 g/mol. The fraction of sp³-hybridized carbons (Fsp3) is 0.214. The number of imidazole rings is 1. The Bertz CT molecular complexity index is 1520. The lowest BCUT2D eigenvalue weighted by Crippen LogP contribution is -2.70. The van der Waals surface area contributed by atoms with Gasteiger partial charge in [-0.05, 0) is 35.4 Å². The summed E-state index contributed by atoms with van der Waals surface area (Å²) in [6.07, 6.45) is 4.38. The van der Waals surface area contributed by atoms with Gasteiger partial charge in [-0.3, -0.25) is 14.5 Å². The molecule has 2 atom stereocenters. The highest BCUT2D eigenvalue weighted by Crippen LogP contribution is 2.45. The Labute approximate surface area is 228 Å². The van der Waals surface area contributed by atoms with Crippen LogP contribution in [0.4, 0.5) is 0 Å². The number of hydrogen-bond acceptors (Lipinski definition) is 7. The third-order valence-corrected chi connectivity index (χ3v) is 9.07. The van der Waals surface area contributed by atoms with Gasteiger partial charge in [-0.2, -0.15) is 5.10 Å². The predicted octanol–water partition coefficient (Wildman–Crippen LogP) is 3.93. The van der Waals surface area contributed by atoms with E-state index >= 15 is 0 Å². The zero-order valence-electron chi connectivity index (χ0n) is 20.6. The van der Waals surface area contributed by atoms with Crippen LogP contribution < -0.4 is 10.1 Å². The first-order chi connectivity index (χ1) is 18.6. The molecule has 0 aliphatic carbocycles. The quantitative estimate of drug-likeness (QED) is 0.337. The van der Waals surface area contributed by atoms with E-state index in [0.29, 0.717) is 6.42 Å². The summed E-state index contributed by atoms with van der Waals surface area (Å²) in [7, 11) is 1.64. The van der Waals surface area contributed by atoms with Crippen LogP contribution in [0.5, 0.6) is 5.75 Å². The van der Waals surface area contributed by atoms with Crippen LogP contribution in [0.15, 0.2) is 94.8 Å². The first-order valence-electron chi connectivity index (χ1n) is 12.2. The molecule has 1 saturated heterocycles. The van der Waals surface area contributed by atoms with E-state index in [-0.39, 0.29) is 23.6 Å². The average molecular weight is 544 g/mol. The minimum absolute atomic E-state index is 0.0803. The third kappa shape index (κ3) is 4.89. The molecule has 2 amide bonds. The highest BCUT2D eigenvalue weighted by atomic mass is 32.2. The molecule has 0 spiro atoms. The van der Waals surface area contributed by atoms with E-state index in [2.05, 4.69) is 15.4 Å². The van der Waals surface area contributed by atoms with Crippen LogP contribution in [0.2, 0.25) is 0 Å². The number of benzene rings is 2. The lowest BCUT2D eigenvalue weighted by atomic mass is 10.0. The van der Waals surface area contributed by atoms with Gasteiger partial charge in [0.05, 0.1) is 13.5 Å². The standard InChI is InChI=1S/C28H25N5O3S2/c1-36-20-9-7-19(8-10-20)15-21-22(38-25-12-11-23-29-13-14-32(23)31-25)17-37-28-26(27(35)33(21)28)30-24(34)16-18-5-3-2-4-6-18/h2-14,26,28H,15-17H2,1H3,(H,30,34)/t26-,28-/m1/s1. The molecule has 2 aliphatic heterocycles. The molecule has 6 rings (SSSR count). The molecule has 8 nitrogen and oxygen atoms in total. The summed E-state index contributed by atoms with van der Waals surface area (Å²) in [6, 6.07) is 20.8. The minimum Gasteiger partial charge on any atom is -0.497 e. The van der Waals surface area contributed by atoms with E-state index in [1.807, 2.05) is 77.8 Å². The van der Waals surface area contributed by atoms with Crippen molar-refractivity contribution in [2.24, 2.45) is 0 Å². The summed E-state index contributed by atoms with van der Waals surface area (Å²) < 4.78 is 7.06. The maximum Gasteiger partial charge on any atom is 0.253 e. The molecule has 2 aromatic carbocycles. The van der Waals surface area contributed by atoms with Gasteiger partial charge in [-0.25, -0.2) is 9.50 Å². The summed E-state index contributed by atoms with van der Waals surface area (Å²) in [5.41, 5.74) is 3.74. The van der Waals surface area contributed by atoms with E-state index in [4.69, 9.17) is 4.74 Å². The summed E-state index contributed by atoms with van der Waals surface area (Å²) in [5, 5.41) is 8.34. The van der Waals surface area contributed by atoms with Gasteiger partial charge in [0.2, 0.25) is 5.91 Å². The Balaban J connectivity index is 1.25. The van der Waals surface area contributed by atoms with Gasteiger partial charge in [-0.1, -0.05) is 54.2 Å². The first-order valence-corrected chi connectivity index (χ1v) is 14.1. The van der Waals surface area contributed by atoms with Gasteiger partial charge in [0.15, 0.2) is 5.65 Å². The molecule has 1 N–H and O–H groups in total. The summed E-state index contributed by atoms with van der Waals surface area (Å²) >= 11 is 3.24. The number of β-lactam (4-membered cyclic amide) rings is 1. The molecule has 2 aromatic heterocycles. The van der Waals surface area contributed by atoms with Crippen molar-refractivity contribution in [3.05, 3.63) is 101 Å². The third-order valence-electron chi connectivity index (χ3n) is 6.55. The minimum atomic E-state index is -0.533. The SMILES string of the molecule is COc1ccc(CC2=C(Sc3ccc4nccn4n3)CS[C@@H]3[C@H](NC(=O)Cc4ccccc4)C(=O)N23)cc1. The van der Waals surface area contributed by atoms with Crippen molar-refractivity contribution in [2.75, 3.05) is 12.9 Å². The molecular formula is C28H25N5O3S2. The molecule has 38 heavy (non-hydrogen) atoms. The molecule has 4 heterocycles. The van der Waals surface area contributed by atoms with Crippen LogP contribution in [0.3, 0.4) is 0 Å². The van der Waals surface area contributed by atoms with Crippen molar-refractivity contribution in [2.45, 2.75) is 29.3 Å². The molecule has 0 bridgehead atoms. The largest absolute Gasteiger partial charge is 0.497 e. The van der Waals surface area contributed by atoms with Crippen LogP contribution in [-0.2, 0) is 22.4 Å². The molecule has 0 saturated carbocycles. The van der Waals surface area contributed by atoms with Crippen molar-refractivity contribution in [1.82, 2.24) is 24.8 Å². The lowest BCUT2D eigenvalue weighted by molar-refractivity contribution is -0.145. The van der Waals surface area contributed by atoms with Crippen LogP contribution in [0.25, 0.3) is 5.65 Å². The number of fused-ring (bicyclic) bond motifs is 2. The molecule has 2 aliphatic rings. The number of nitrogens with one attached hydrogen (secondary N) is 1. The maximum absolute atomic E-state index is 13.4. The van der Waals surface area contributed by atoms with E-state index in [1.165, 1.54) is 0 Å². The van der Waals surface area contributed by atoms with Gasteiger partial charge >= 0.3 is 0 Å². The van der Waals surface area contributed by atoms with E-state index in [1.54, 1.807) is 41.3 Å². The number of allylic oxidation sites excluding steroid dienone is 1. The Morgan fingerprint density at radius 1 is 1.11 bits per heavy atom. The maximum atomic E-state index is 13.4. The first kappa shape index (κ1) is 24.6. The normalized spacial score (nSPS) is 18.8. The van der Waals surface area contributed by atoms with E-state index in [0.717, 1.165) is 43.9 Å². The van der Waals surface area contributed by atoms with Crippen LogP contribution in [0, 0.1) is 0 Å². The van der Waals surface area contributed by atoms with Gasteiger partial charge < -0.3 is 10.1 Å². The van der Waals surface area contributed by atoms with E-state index < -0.39 is 6.04 Å². The number of nitrogens with zero attached hydrogens (tertiary/aromatic N) is 4.